The Hall–Kier alpha value is -1.65. The number of aromatic nitrogens is 1. The number of hydrogen-bond acceptors (Lipinski definition) is 3. The topological polar surface area (TPSA) is 53.4 Å². The van der Waals surface area contributed by atoms with Crippen LogP contribution in [0.3, 0.4) is 0 Å². The molecule has 1 aromatic rings. The maximum Gasteiger partial charge on any atom is 0.338 e. The standard InChI is InChI=1S/C13H17FN2O2/c1-8(2)7-16(9-3-4-9)12-11(14)10(13(17)18)5-6-15-12/h5-6,8-9H,3-4,7H2,1-2H3,(H,17,18). The van der Waals surface area contributed by atoms with Crippen LogP contribution in [0.2, 0.25) is 0 Å². The fourth-order valence-electron chi connectivity index (χ4n) is 1.99. The maximum absolute atomic E-state index is 14.1. The SMILES string of the molecule is CC(C)CN(c1nccc(C(=O)O)c1F)C1CC1. The van der Waals surface area contributed by atoms with E-state index in [4.69, 9.17) is 5.11 Å². The number of carboxylic acid groups (broad SMARTS) is 1. The number of halogens is 1. The van der Waals surface area contributed by atoms with E-state index in [1.807, 2.05) is 18.7 Å². The van der Waals surface area contributed by atoms with Crippen LogP contribution in [0.4, 0.5) is 10.2 Å². The molecule has 1 aromatic heterocycles. The molecule has 0 radical (unpaired) electrons. The summed E-state index contributed by atoms with van der Waals surface area (Å²) in [6.07, 6.45) is 3.40. The number of carbonyl (C=O) groups is 1. The zero-order chi connectivity index (χ0) is 13.3. The molecule has 98 valence electrons. The zero-order valence-corrected chi connectivity index (χ0v) is 10.6. The molecule has 18 heavy (non-hydrogen) atoms. The lowest BCUT2D eigenvalue weighted by Crippen LogP contribution is -2.31. The molecule has 0 bridgehead atoms. The number of nitrogens with zero attached hydrogens (tertiary/aromatic N) is 2. The van der Waals surface area contributed by atoms with Gasteiger partial charge in [0.1, 0.15) is 5.56 Å². The van der Waals surface area contributed by atoms with Crippen molar-refractivity contribution in [1.82, 2.24) is 4.98 Å². The van der Waals surface area contributed by atoms with Gasteiger partial charge >= 0.3 is 5.97 Å². The summed E-state index contributed by atoms with van der Waals surface area (Å²) in [5.41, 5.74) is -0.311. The molecule has 1 aliphatic rings. The predicted octanol–water partition coefficient (Wildman–Crippen LogP) is 2.54. The molecule has 2 rings (SSSR count). The van der Waals surface area contributed by atoms with Gasteiger partial charge in [0.2, 0.25) is 0 Å². The van der Waals surface area contributed by atoms with Crippen LogP contribution in [0.1, 0.15) is 37.0 Å². The molecule has 0 aromatic carbocycles. The Kier molecular flexibility index (Phi) is 3.50. The van der Waals surface area contributed by atoms with Gasteiger partial charge in [0.25, 0.3) is 0 Å². The number of carboxylic acids is 1. The molecule has 1 N–H and O–H groups in total. The third-order valence-electron chi connectivity index (χ3n) is 2.92. The summed E-state index contributed by atoms with van der Waals surface area (Å²) in [4.78, 5) is 16.8. The summed E-state index contributed by atoms with van der Waals surface area (Å²) in [6.45, 7) is 4.79. The van der Waals surface area contributed by atoms with Crippen LogP contribution in [-0.2, 0) is 0 Å². The van der Waals surface area contributed by atoms with Crippen LogP contribution in [0.25, 0.3) is 0 Å². The smallest absolute Gasteiger partial charge is 0.338 e. The second-order valence-electron chi connectivity index (χ2n) is 5.08. The summed E-state index contributed by atoms with van der Waals surface area (Å²) in [7, 11) is 0. The largest absolute Gasteiger partial charge is 0.478 e. The molecule has 0 aliphatic heterocycles. The van der Waals surface area contributed by atoms with Gasteiger partial charge in [-0.2, -0.15) is 0 Å². The molecule has 1 heterocycles. The molecule has 1 aliphatic carbocycles. The van der Waals surface area contributed by atoms with Crippen molar-refractivity contribution < 1.29 is 14.3 Å². The Labute approximate surface area is 105 Å². The number of rotatable bonds is 5. The van der Waals surface area contributed by atoms with E-state index >= 15 is 0 Å². The molecular weight excluding hydrogens is 235 g/mol. The van der Waals surface area contributed by atoms with Crippen LogP contribution in [0.5, 0.6) is 0 Å². The molecule has 0 saturated heterocycles. The third kappa shape index (κ3) is 2.60. The van der Waals surface area contributed by atoms with Crippen LogP contribution in [0, 0.1) is 11.7 Å². The molecule has 0 atom stereocenters. The average Bonchev–Trinajstić information content (AvgIpc) is 3.09. The van der Waals surface area contributed by atoms with Gasteiger partial charge in [-0.1, -0.05) is 13.8 Å². The second-order valence-corrected chi connectivity index (χ2v) is 5.08. The van der Waals surface area contributed by atoms with Crippen molar-refractivity contribution in [2.24, 2.45) is 5.92 Å². The third-order valence-corrected chi connectivity index (χ3v) is 2.92. The summed E-state index contributed by atoms with van der Waals surface area (Å²) in [5, 5.41) is 8.92. The van der Waals surface area contributed by atoms with Gasteiger partial charge in [-0.05, 0) is 24.8 Å². The van der Waals surface area contributed by atoms with Gasteiger partial charge in [0, 0.05) is 18.8 Å². The molecule has 1 fully saturated rings. The van der Waals surface area contributed by atoms with E-state index in [1.54, 1.807) is 0 Å². The summed E-state index contributed by atoms with van der Waals surface area (Å²) < 4.78 is 14.1. The van der Waals surface area contributed by atoms with E-state index in [-0.39, 0.29) is 11.4 Å². The zero-order valence-electron chi connectivity index (χ0n) is 10.6. The molecular formula is C13H17FN2O2. The number of pyridine rings is 1. The van der Waals surface area contributed by atoms with Crippen LogP contribution in [0.15, 0.2) is 12.3 Å². The lowest BCUT2D eigenvalue weighted by atomic mass is 10.2. The highest BCUT2D eigenvalue weighted by Crippen LogP contribution is 2.33. The van der Waals surface area contributed by atoms with Crippen molar-refractivity contribution in [3.8, 4) is 0 Å². The van der Waals surface area contributed by atoms with E-state index < -0.39 is 11.8 Å². The predicted molar refractivity (Wildman–Crippen MR) is 66.4 cm³/mol. The number of anilines is 1. The van der Waals surface area contributed by atoms with Crippen molar-refractivity contribution in [3.63, 3.8) is 0 Å². The summed E-state index contributed by atoms with van der Waals surface area (Å²) in [6, 6.07) is 1.50. The van der Waals surface area contributed by atoms with E-state index in [0.29, 0.717) is 18.5 Å². The molecule has 4 nitrogen and oxygen atoms in total. The number of aromatic carboxylic acids is 1. The molecule has 1 saturated carbocycles. The molecule has 0 unspecified atom stereocenters. The van der Waals surface area contributed by atoms with Gasteiger partial charge in [0.15, 0.2) is 11.6 Å². The first kappa shape index (κ1) is 12.8. The van der Waals surface area contributed by atoms with Crippen molar-refractivity contribution >= 4 is 11.8 Å². The Morgan fingerprint density at radius 3 is 2.78 bits per heavy atom. The first-order valence-corrected chi connectivity index (χ1v) is 6.15. The van der Waals surface area contributed by atoms with E-state index in [1.165, 1.54) is 12.3 Å². The fraction of sp³-hybridized carbons (Fsp3) is 0.538. The Bertz CT molecular complexity index is 458. The van der Waals surface area contributed by atoms with E-state index in [0.717, 1.165) is 12.8 Å². The highest BCUT2D eigenvalue weighted by atomic mass is 19.1. The van der Waals surface area contributed by atoms with Gasteiger partial charge in [-0.3, -0.25) is 0 Å². The van der Waals surface area contributed by atoms with Crippen molar-refractivity contribution in [2.75, 3.05) is 11.4 Å². The van der Waals surface area contributed by atoms with Gasteiger partial charge in [0.05, 0.1) is 0 Å². The van der Waals surface area contributed by atoms with Crippen LogP contribution in [-0.4, -0.2) is 28.6 Å². The van der Waals surface area contributed by atoms with Crippen molar-refractivity contribution in [3.05, 3.63) is 23.6 Å². The molecule has 0 amide bonds. The normalized spacial score (nSPS) is 14.9. The minimum atomic E-state index is -1.25. The van der Waals surface area contributed by atoms with E-state index in [2.05, 4.69) is 4.98 Å². The highest BCUT2D eigenvalue weighted by Gasteiger charge is 2.33. The minimum Gasteiger partial charge on any atom is -0.478 e. The van der Waals surface area contributed by atoms with Gasteiger partial charge in [-0.15, -0.1) is 0 Å². The molecule has 5 heteroatoms. The fourth-order valence-corrected chi connectivity index (χ4v) is 1.99. The lowest BCUT2D eigenvalue weighted by Gasteiger charge is -2.26. The Morgan fingerprint density at radius 2 is 2.28 bits per heavy atom. The Morgan fingerprint density at radius 1 is 1.61 bits per heavy atom. The monoisotopic (exact) mass is 252 g/mol. The van der Waals surface area contributed by atoms with Crippen molar-refractivity contribution in [1.29, 1.82) is 0 Å². The summed E-state index contributed by atoms with van der Waals surface area (Å²) in [5.74, 6) is -1.43. The Balaban J connectivity index is 2.35. The van der Waals surface area contributed by atoms with Gasteiger partial charge in [-0.25, -0.2) is 14.2 Å². The first-order valence-electron chi connectivity index (χ1n) is 6.15. The summed E-state index contributed by atoms with van der Waals surface area (Å²) >= 11 is 0. The van der Waals surface area contributed by atoms with Crippen molar-refractivity contribution in [2.45, 2.75) is 32.7 Å². The van der Waals surface area contributed by atoms with E-state index in [9.17, 15) is 9.18 Å². The molecule has 0 spiro atoms. The minimum absolute atomic E-state index is 0.172. The van der Waals surface area contributed by atoms with Gasteiger partial charge < -0.3 is 10.0 Å². The number of hydrogen-bond donors (Lipinski definition) is 1. The second kappa shape index (κ2) is 4.92. The highest BCUT2D eigenvalue weighted by molar-refractivity contribution is 5.88. The van der Waals surface area contributed by atoms with Crippen LogP contribution < -0.4 is 4.90 Å². The maximum atomic E-state index is 14.1. The quantitative estimate of drug-likeness (QED) is 0.875. The average molecular weight is 252 g/mol. The van der Waals surface area contributed by atoms with Crippen LogP contribution >= 0.6 is 0 Å². The first-order chi connectivity index (χ1) is 8.50. The lowest BCUT2D eigenvalue weighted by molar-refractivity contribution is 0.0691.